The first kappa shape index (κ1) is 15.7. The molecule has 2 rings (SSSR count). The number of aromatic nitrogens is 4. The third kappa shape index (κ3) is 3.33. The molecule has 0 unspecified atom stereocenters. The summed E-state index contributed by atoms with van der Waals surface area (Å²) in [4.78, 5) is 3.88. The Morgan fingerprint density at radius 1 is 1.33 bits per heavy atom. The fourth-order valence-corrected chi connectivity index (χ4v) is 3.54. The number of hydrogen-bond donors (Lipinski definition) is 1. The van der Waals surface area contributed by atoms with Crippen molar-refractivity contribution in [2.24, 2.45) is 14.1 Å². The van der Waals surface area contributed by atoms with Gasteiger partial charge < -0.3 is 4.57 Å². The molecular weight excluding hydrogens is 290 g/mol. The molecule has 0 spiro atoms. The predicted molar refractivity (Wildman–Crippen MR) is 79.4 cm³/mol. The molecule has 0 aliphatic heterocycles. The van der Waals surface area contributed by atoms with Gasteiger partial charge in [-0.15, -0.1) is 0 Å². The van der Waals surface area contributed by atoms with Gasteiger partial charge in [-0.2, -0.15) is 5.10 Å². The third-order valence-electron chi connectivity index (χ3n) is 3.48. The van der Waals surface area contributed by atoms with Gasteiger partial charge in [0.15, 0.2) is 5.03 Å². The van der Waals surface area contributed by atoms with E-state index < -0.39 is 10.0 Å². The number of sulfonamides is 1. The van der Waals surface area contributed by atoms with E-state index in [1.807, 2.05) is 32.5 Å². The van der Waals surface area contributed by atoms with Gasteiger partial charge in [0.1, 0.15) is 0 Å². The first-order valence-corrected chi connectivity index (χ1v) is 8.18. The van der Waals surface area contributed by atoms with Gasteiger partial charge in [0.05, 0.1) is 12.0 Å². The minimum Gasteiger partial charge on any atom is -0.339 e. The van der Waals surface area contributed by atoms with Crippen LogP contribution in [0.1, 0.15) is 23.9 Å². The van der Waals surface area contributed by atoms with Crippen LogP contribution < -0.4 is 4.72 Å². The normalized spacial score (nSPS) is 13.6. The minimum atomic E-state index is -3.59. The van der Waals surface area contributed by atoms with Crippen LogP contribution in [-0.4, -0.2) is 33.8 Å². The van der Waals surface area contributed by atoms with Crippen molar-refractivity contribution >= 4 is 10.0 Å². The summed E-state index contributed by atoms with van der Waals surface area (Å²) in [6.45, 7) is 5.75. The lowest BCUT2D eigenvalue weighted by Gasteiger charge is -2.13. The summed E-state index contributed by atoms with van der Waals surface area (Å²) in [5.74, 6) is 0. The number of aryl methyl sites for hydroxylation is 3. The van der Waals surface area contributed by atoms with Crippen molar-refractivity contribution in [3.05, 3.63) is 29.5 Å². The van der Waals surface area contributed by atoms with Gasteiger partial charge in [-0.05, 0) is 32.8 Å². The molecule has 0 bridgehead atoms. The molecule has 0 amide bonds. The van der Waals surface area contributed by atoms with E-state index in [9.17, 15) is 8.42 Å². The summed E-state index contributed by atoms with van der Waals surface area (Å²) in [6, 6.07) is -0.237. The van der Waals surface area contributed by atoms with E-state index in [1.54, 1.807) is 11.6 Å². The predicted octanol–water partition coefficient (Wildman–Crippen LogP) is 0.680. The highest BCUT2D eigenvalue weighted by molar-refractivity contribution is 7.89. The Morgan fingerprint density at radius 2 is 2.00 bits per heavy atom. The van der Waals surface area contributed by atoms with Crippen molar-refractivity contribution in [1.82, 2.24) is 24.1 Å². The first-order valence-electron chi connectivity index (χ1n) is 6.70. The Kier molecular flexibility index (Phi) is 4.20. The molecule has 116 valence electrons. The van der Waals surface area contributed by atoms with Gasteiger partial charge in [-0.1, -0.05) is 0 Å². The maximum absolute atomic E-state index is 12.2. The number of imidazole rings is 1. The molecule has 0 radical (unpaired) electrons. The highest BCUT2D eigenvalue weighted by Gasteiger charge is 2.21. The first-order chi connectivity index (χ1) is 9.70. The Hall–Kier alpha value is -1.67. The lowest BCUT2D eigenvalue weighted by molar-refractivity contribution is 0.556. The highest BCUT2D eigenvalue weighted by atomic mass is 32.2. The van der Waals surface area contributed by atoms with Gasteiger partial charge in [0, 0.05) is 32.0 Å². The average molecular weight is 311 g/mol. The Labute approximate surface area is 125 Å². The summed E-state index contributed by atoms with van der Waals surface area (Å²) in [7, 11) is 0.0306. The van der Waals surface area contributed by atoms with Gasteiger partial charge in [-0.25, -0.2) is 18.1 Å². The Balaban J connectivity index is 2.13. The van der Waals surface area contributed by atoms with E-state index in [1.165, 1.54) is 12.5 Å². The van der Waals surface area contributed by atoms with E-state index in [-0.39, 0.29) is 11.1 Å². The van der Waals surface area contributed by atoms with Crippen molar-refractivity contribution < 1.29 is 8.42 Å². The lowest BCUT2D eigenvalue weighted by atomic mass is 10.1. The van der Waals surface area contributed by atoms with Crippen molar-refractivity contribution in [2.75, 3.05) is 0 Å². The van der Waals surface area contributed by atoms with Crippen LogP contribution in [0.3, 0.4) is 0 Å². The molecule has 1 atom stereocenters. The van der Waals surface area contributed by atoms with Crippen molar-refractivity contribution in [3.8, 4) is 0 Å². The van der Waals surface area contributed by atoms with Crippen LogP contribution in [0, 0.1) is 13.8 Å². The summed E-state index contributed by atoms with van der Waals surface area (Å²) in [5.41, 5.74) is 3.06. The summed E-state index contributed by atoms with van der Waals surface area (Å²) < 4.78 is 30.5. The topological polar surface area (TPSA) is 81.8 Å². The second kappa shape index (κ2) is 5.61. The largest absolute Gasteiger partial charge is 0.339 e. The van der Waals surface area contributed by atoms with Gasteiger partial charge in [0.25, 0.3) is 10.0 Å². The number of nitrogens with one attached hydrogen (secondary N) is 1. The molecule has 2 aromatic rings. The molecular formula is C13H21N5O2S. The number of rotatable bonds is 5. The molecule has 2 aromatic heterocycles. The SMILES string of the molecule is Cc1nn(C)c(C)c1C[C@@H](C)NS(=O)(=O)c1cn(C)cn1. The molecule has 0 saturated carbocycles. The molecule has 21 heavy (non-hydrogen) atoms. The fraction of sp³-hybridized carbons (Fsp3) is 0.538. The maximum atomic E-state index is 12.2. The van der Waals surface area contributed by atoms with E-state index >= 15 is 0 Å². The molecule has 0 saturated heterocycles. The highest BCUT2D eigenvalue weighted by Crippen LogP contribution is 2.15. The minimum absolute atomic E-state index is 0.0384. The van der Waals surface area contributed by atoms with Crippen LogP contribution in [-0.2, 0) is 30.5 Å². The monoisotopic (exact) mass is 311 g/mol. The van der Waals surface area contributed by atoms with E-state index in [2.05, 4.69) is 14.8 Å². The molecule has 0 aromatic carbocycles. The van der Waals surface area contributed by atoms with Crippen LogP contribution in [0.2, 0.25) is 0 Å². The second-order valence-corrected chi connectivity index (χ2v) is 7.04. The van der Waals surface area contributed by atoms with Crippen LogP contribution in [0.4, 0.5) is 0 Å². The lowest BCUT2D eigenvalue weighted by Crippen LogP contribution is -2.34. The molecule has 2 heterocycles. The molecule has 8 heteroatoms. The zero-order valence-electron chi connectivity index (χ0n) is 13.0. The zero-order chi connectivity index (χ0) is 15.8. The third-order valence-corrected chi connectivity index (χ3v) is 4.96. The second-order valence-electron chi connectivity index (χ2n) is 5.38. The average Bonchev–Trinajstić information content (AvgIpc) is 2.89. The number of hydrogen-bond acceptors (Lipinski definition) is 4. The van der Waals surface area contributed by atoms with Crippen molar-refractivity contribution in [3.63, 3.8) is 0 Å². The van der Waals surface area contributed by atoms with E-state index in [0.29, 0.717) is 6.42 Å². The van der Waals surface area contributed by atoms with Crippen LogP contribution in [0.25, 0.3) is 0 Å². The smallest absolute Gasteiger partial charge is 0.259 e. The van der Waals surface area contributed by atoms with Crippen molar-refractivity contribution in [1.29, 1.82) is 0 Å². The maximum Gasteiger partial charge on any atom is 0.259 e. The molecule has 0 aliphatic rings. The van der Waals surface area contributed by atoms with Crippen LogP contribution >= 0.6 is 0 Å². The summed E-state index contributed by atoms with van der Waals surface area (Å²) >= 11 is 0. The van der Waals surface area contributed by atoms with Gasteiger partial charge in [0.2, 0.25) is 0 Å². The fourth-order valence-electron chi connectivity index (χ4n) is 2.31. The molecule has 0 fully saturated rings. The Morgan fingerprint density at radius 3 is 2.48 bits per heavy atom. The van der Waals surface area contributed by atoms with E-state index in [4.69, 9.17) is 0 Å². The molecule has 1 N–H and O–H groups in total. The van der Waals surface area contributed by atoms with Crippen LogP contribution in [0.5, 0.6) is 0 Å². The number of nitrogens with zero attached hydrogens (tertiary/aromatic N) is 4. The Bertz CT molecular complexity index is 745. The quantitative estimate of drug-likeness (QED) is 0.880. The summed E-state index contributed by atoms with van der Waals surface area (Å²) in [6.07, 6.45) is 3.54. The zero-order valence-corrected chi connectivity index (χ0v) is 13.8. The molecule has 0 aliphatic carbocycles. The molecule has 7 nitrogen and oxygen atoms in total. The standard InChI is InChI=1S/C13H21N5O2S/c1-9(6-12-10(2)15-18(5)11(12)3)16-21(19,20)13-7-17(4)8-14-13/h7-9,16H,6H2,1-5H3/t9-/m1/s1. The van der Waals surface area contributed by atoms with Crippen LogP contribution in [0.15, 0.2) is 17.6 Å². The summed E-state index contributed by atoms with van der Waals surface area (Å²) in [5, 5.41) is 4.38. The van der Waals surface area contributed by atoms with Gasteiger partial charge in [-0.3, -0.25) is 4.68 Å². The van der Waals surface area contributed by atoms with Gasteiger partial charge >= 0.3 is 0 Å². The van der Waals surface area contributed by atoms with Crippen molar-refractivity contribution in [2.45, 2.75) is 38.3 Å². The van der Waals surface area contributed by atoms with E-state index in [0.717, 1.165) is 17.0 Å².